The van der Waals surface area contributed by atoms with Gasteiger partial charge in [-0.2, -0.15) is 0 Å². The van der Waals surface area contributed by atoms with Gasteiger partial charge in [0.25, 0.3) is 0 Å². The van der Waals surface area contributed by atoms with Crippen molar-refractivity contribution in [3.8, 4) is 0 Å². The van der Waals surface area contributed by atoms with Crippen molar-refractivity contribution in [2.75, 3.05) is 0 Å². The Morgan fingerprint density at radius 2 is 0.938 bits per heavy atom. The summed E-state index contributed by atoms with van der Waals surface area (Å²) in [6.07, 6.45) is 2.29. The molecule has 192 valence electrons. The van der Waals surface area contributed by atoms with Crippen molar-refractivity contribution >= 4 is 56.8 Å². The maximum atomic E-state index is 12.2. The van der Waals surface area contributed by atoms with Gasteiger partial charge in [-0.1, -0.05) is 121 Å². The minimum absolute atomic E-state index is 1.06. The molecule has 0 rings (SSSR count). The Morgan fingerprint density at radius 3 is 1.22 bits per heavy atom. The van der Waals surface area contributed by atoms with E-state index in [-0.39, 0.29) is 0 Å². The van der Waals surface area contributed by atoms with Gasteiger partial charge in [-0.15, -0.1) is 6.58 Å². The topological polar surface area (TPSA) is 20.2 Å². The first kappa shape index (κ1) is 33.2. The molecule has 0 aromatic heterocycles. The van der Waals surface area contributed by atoms with Gasteiger partial charge in [0.2, 0.25) is 0 Å². The molecule has 0 aromatic rings. The van der Waals surface area contributed by atoms with E-state index in [2.05, 4.69) is 105 Å². The van der Waals surface area contributed by atoms with Crippen molar-refractivity contribution in [2.24, 2.45) is 0 Å². The van der Waals surface area contributed by atoms with Crippen molar-refractivity contribution < 1.29 is 4.80 Å². The molecule has 0 fully saturated rings. The third kappa shape index (κ3) is 14.6. The number of hydrogen-bond acceptors (Lipinski definition) is 1. The van der Waals surface area contributed by atoms with E-state index in [1.165, 1.54) is 23.0 Å². The van der Waals surface area contributed by atoms with E-state index in [0.717, 1.165) is 6.04 Å². The van der Waals surface area contributed by atoms with E-state index < -0.39 is 56.8 Å². The zero-order valence-electron chi connectivity index (χ0n) is 24.9. The van der Waals surface area contributed by atoms with Crippen LogP contribution >= 0.6 is 0 Å². The molecule has 0 bridgehead atoms. The molecule has 0 spiro atoms. The zero-order chi connectivity index (χ0) is 25.9. The molecule has 0 saturated carbocycles. The molecule has 1 N–H and O–H groups in total. The van der Waals surface area contributed by atoms with Crippen LogP contribution in [-0.4, -0.2) is 61.6 Å². The molecular formula is C24H62OSi7. The Bertz CT molecular complexity index is 579. The normalized spacial score (nSPS) is 18.2. The van der Waals surface area contributed by atoms with Gasteiger partial charge in [0.15, 0.2) is 8.32 Å². The minimum Gasteiger partial charge on any atom is -0.432 e. The van der Waals surface area contributed by atoms with E-state index in [9.17, 15) is 4.80 Å². The van der Waals surface area contributed by atoms with E-state index in [1.807, 2.05) is 0 Å². The summed E-state index contributed by atoms with van der Waals surface area (Å²) in [5.41, 5.74) is 8.73. The van der Waals surface area contributed by atoms with Crippen LogP contribution in [0.5, 0.6) is 0 Å². The van der Waals surface area contributed by atoms with Gasteiger partial charge in [-0.25, -0.2) is 0 Å². The van der Waals surface area contributed by atoms with Crippen LogP contribution in [0.25, 0.3) is 0 Å². The molecule has 8 heteroatoms. The molecule has 0 saturated heterocycles. The average molecular weight is 563 g/mol. The summed E-state index contributed by atoms with van der Waals surface area (Å²) in [5.74, 6) is 0. The first-order valence-electron chi connectivity index (χ1n) is 13.2. The summed E-state index contributed by atoms with van der Waals surface area (Å²) in [6.45, 7) is 40.3. The van der Waals surface area contributed by atoms with Crippen molar-refractivity contribution in [1.29, 1.82) is 0 Å². The fraction of sp³-hybridized carbons (Fsp3) is 0.917. The van der Waals surface area contributed by atoms with E-state index in [1.54, 1.807) is 17.0 Å². The molecule has 2 unspecified atom stereocenters. The summed E-state index contributed by atoms with van der Waals surface area (Å²) in [5, 5.41) is 0. The molecule has 0 aliphatic rings. The molecular weight excluding hydrogens is 501 g/mol. The second kappa shape index (κ2) is 11.5. The number of rotatable bonds is 15. The maximum Gasteiger partial charge on any atom is 0.183 e. The van der Waals surface area contributed by atoms with Crippen molar-refractivity contribution in [3.63, 3.8) is 0 Å². The first-order chi connectivity index (χ1) is 13.9. The third-order valence-electron chi connectivity index (χ3n) is 6.42. The standard InChI is InChI=1S/C24H62OSi7/c1-16-18-31(21-28(9,10)11,24-32(25,17-2)22-29(12,13)14)23-30(15,19-26(3,4)5)20-27(6,7)8/h16,25H,1,17-24H2,2-15H3. The van der Waals surface area contributed by atoms with Crippen LogP contribution in [0.2, 0.25) is 131 Å². The lowest BCUT2D eigenvalue weighted by Crippen LogP contribution is -2.58. The molecule has 0 radical (unpaired) electrons. The lowest BCUT2D eigenvalue weighted by Gasteiger charge is -2.48. The Labute approximate surface area is 211 Å². The van der Waals surface area contributed by atoms with E-state index in [4.69, 9.17) is 0 Å². The summed E-state index contributed by atoms with van der Waals surface area (Å²) in [6, 6.07) is 2.33. The van der Waals surface area contributed by atoms with E-state index in [0.29, 0.717) is 0 Å². The van der Waals surface area contributed by atoms with Crippen molar-refractivity contribution in [1.82, 2.24) is 0 Å². The van der Waals surface area contributed by atoms with Crippen molar-refractivity contribution in [2.45, 2.75) is 138 Å². The number of allylic oxidation sites excluding steroid dienone is 1. The molecule has 32 heavy (non-hydrogen) atoms. The smallest absolute Gasteiger partial charge is 0.183 e. The number of hydrogen-bond donors (Lipinski definition) is 1. The highest BCUT2D eigenvalue weighted by Crippen LogP contribution is 2.44. The summed E-state index contributed by atoms with van der Waals surface area (Å²) < 4.78 is 0. The lowest BCUT2D eigenvalue weighted by atomic mass is 10.8. The summed E-state index contributed by atoms with van der Waals surface area (Å²) >= 11 is 0. The average Bonchev–Trinajstić information content (AvgIpc) is 2.37. The summed E-state index contributed by atoms with van der Waals surface area (Å²) in [4.78, 5) is 12.2. The van der Waals surface area contributed by atoms with Crippen LogP contribution in [0, 0.1) is 0 Å². The van der Waals surface area contributed by atoms with Gasteiger partial charge in [-0.3, -0.25) is 0 Å². The largest absolute Gasteiger partial charge is 0.432 e. The molecule has 0 aromatic carbocycles. The second-order valence-corrected chi connectivity index (χ2v) is 55.8. The van der Waals surface area contributed by atoms with Gasteiger partial charge in [0, 0.05) is 40.4 Å². The van der Waals surface area contributed by atoms with Crippen LogP contribution < -0.4 is 0 Å². The van der Waals surface area contributed by atoms with Gasteiger partial charge in [-0.05, 0) is 23.4 Å². The molecule has 1 nitrogen and oxygen atoms in total. The highest BCUT2D eigenvalue weighted by Gasteiger charge is 2.50. The molecule has 0 aliphatic carbocycles. The lowest BCUT2D eigenvalue weighted by molar-refractivity contribution is 0.542. The second-order valence-electron chi connectivity index (χ2n) is 16.7. The van der Waals surface area contributed by atoms with Gasteiger partial charge in [0.05, 0.1) is 8.07 Å². The van der Waals surface area contributed by atoms with Crippen LogP contribution in [-0.2, 0) is 0 Å². The van der Waals surface area contributed by atoms with Gasteiger partial charge >= 0.3 is 0 Å². The highest BCUT2D eigenvalue weighted by atomic mass is 28.5. The summed E-state index contributed by atoms with van der Waals surface area (Å²) in [7, 11) is -10.0. The quantitative estimate of drug-likeness (QED) is 0.156. The molecule has 0 amide bonds. The van der Waals surface area contributed by atoms with Crippen LogP contribution in [0.15, 0.2) is 12.7 Å². The Balaban J connectivity index is 6.58. The van der Waals surface area contributed by atoms with Crippen molar-refractivity contribution in [3.05, 3.63) is 12.7 Å². The fourth-order valence-corrected chi connectivity index (χ4v) is 73.4. The fourth-order valence-electron chi connectivity index (χ4n) is 7.49. The maximum absolute atomic E-state index is 12.2. The predicted octanol–water partition coefficient (Wildman–Crippen LogP) is 9.25. The minimum atomic E-state index is -2.21. The van der Waals surface area contributed by atoms with E-state index >= 15 is 0 Å². The Kier molecular flexibility index (Phi) is 12.0. The van der Waals surface area contributed by atoms with Gasteiger partial charge in [0.1, 0.15) is 0 Å². The Morgan fingerprint density at radius 1 is 0.562 bits per heavy atom. The SMILES string of the molecule is C=CC[Si](C[Si](C)(C)C)(C[Si](C)(C[Si](C)(C)C)C[Si](C)(C)C)C[Si](O)(CC)C[Si](C)(C)C. The molecule has 2 atom stereocenters. The van der Waals surface area contributed by atoms with Crippen LogP contribution in [0.4, 0.5) is 0 Å². The highest BCUT2D eigenvalue weighted by molar-refractivity contribution is 7.13. The van der Waals surface area contributed by atoms with Crippen LogP contribution in [0.3, 0.4) is 0 Å². The monoisotopic (exact) mass is 562 g/mol. The first-order valence-corrected chi connectivity index (χ1v) is 36.5. The molecule has 0 aliphatic heterocycles. The van der Waals surface area contributed by atoms with Crippen LogP contribution in [0.1, 0.15) is 6.92 Å². The van der Waals surface area contributed by atoms with Gasteiger partial charge < -0.3 is 4.80 Å². The third-order valence-corrected chi connectivity index (χ3v) is 50.4. The molecule has 0 heterocycles. The Hall–Kier alpha value is 1.22. The zero-order valence-corrected chi connectivity index (χ0v) is 31.9. The predicted molar refractivity (Wildman–Crippen MR) is 173 cm³/mol.